The van der Waals surface area contributed by atoms with Crippen molar-refractivity contribution >= 4 is 0 Å². The fourth-order valence-corrected chi connectivity index (χ4v) is 0. The van der Waals surface area contributed by atoms with E-state index in [1.165, 1.54) is 0 Å². The first-order valence-electron chi connectivity index (χ1n) is 1.34. The maximum atomic E-state index is 2.00. The highest BCUT2D eigenvalue weighted by Crippen LogP contribution is 1.47. The maximum Gasteiger partial charge on any atom is -0.0140 e. The lowest BCUT2D eigenvalue weighted by Gasteiger charge is -1.90. The molecular formula is C3H11F2N. The minimum Gasteiger partial charge on any atom is -0.312 e. The second-order valence-electron chi connectivity index (χ2n) is 1.34. The Kier molecular flexibility index (Phi) is 25.1. The van der Waals surface area contributed by atoms with Crippen molar-refractivity contribution in [2.75, 3.05) is 21.1 Å². The largest absolute Gasteiger partial charge is 0.312 e. The lowest BCUT2D eigenvalue weighted by atomic mass is 11.0. The molecule has 0 aromatic rings. The molecule has 0 radical (unpaired) electrons. The van der Waals surface area contributed by atoms with Crippen molar-refractivity contribution in [3.05, 3.63) is 0 Å². The standard InChI is InChI=1S/C3H9N.2FH/c1-4(2)3;;/h1-3H3;2*1H. The Morgan fingerprint density at radius 3 is 0.833 bits per heavy atom. The Hall–Kier alpha value is -0.180. The van der Waals surface area contributed by atoms with E-state index in [2.05, 4.69) is 0 Å². The van der Waals surface area contributed by atoms with Gasteiger partial charge in [0.1, 0.15) is 0 Å². The van der Waals surface area contributed by atoms with Crippen LogP contribution in [0.1, 0.15) is 0 Å². The Balaban J connectivity index is -0.0000000450. The first-order valence-corrected chi connectivity index (χ1v) is 1.34. The predicted molar refractivity (Wildman–Crippen MR) is 24.6 cm³/mol. The minimum absolute atomic E-state index is 0. The van der Waals surface area contributed by atoms with Crippen LogP contribution in [0.3, 0.4) is 0 Å². The highest BCUT2D eigenvalue weighted by molar-refractivity contribution is 4.09. The molecule has 6 heavy (non-hydrogen) atoms. The van der Waals surface area contributed by atoms with Crippen molar-refractivity contribution in [3.63, 3.8) is 0 Å². The number of halogens is 2. The summed E-state index contributed by atoms with van der Waals surface area (Å²) in [7, 11) is 6.00. The van der Waals surface area contributed by atoms with Gasteiger partial charge in [0.05, 0.1) is 0 Å². The van der Waals surface area contributed by atoms with E-state index in [1.807, 2.05) is 26.0 Å². The van der Waals surface area contributed by atoms with Gasteiger partial charge in [-0.2, -0.15) is 0 Å². The van der Waals surface area contributed by atoms with Crippen molar-refractivity contribution in [3.8, 4) is 0 Å². The molecule has 42 valence electrons. The topological polar surface area (TPSA) is 3.24 Å². The molecule has 0 atom stereocenters. The van der Waals surface area contributed by atoms with E-state index in [0.29, 0.717) is 0 Å². The molecule has 0 aromatic carbocycles. The molecule has 3 heteroatoms. The molecule has 0 heterocycles. The molecule has 0 aromatic heterocycles. The summed E-state index contributed by atoms with van der Waals surface area (Å²) < 4.78 is 0. The average molecular weight is 99.1 g/mol. The smallest absolute Gasteiger partial charge is 0.0140 e. The molecule has 1 nitrogen and oxygen atoms in total. The third-order valence-electron chi connectivity index (χ3n) is 0. The fourth-order valence-electron chi connectivity index (χ4n) is 0. The summed E-state index contributed by atoms with van der Waals surface area (Å²) in [5.41, 5.74) is 0. The molecular weight excluding hydrogens is 88.0 g/mol. The van der Waals surface area contributed by atoms with Crippen molar-refractivity contribution in [1.82, 2.24) is 4.90 Å². The maximum absolute atomic E-state index is 2.00. The van der Waals surface area contributed by atoms with Gasteiger partial charge in [0.25, 0.3) is 0 Å². The molecule has 0 aliphatic heterocycles. The monoisotopic (exact) mass is 99.1 g/mol. The fraction of sp³-hybridized carbons (Fsp3) is 1.00. The summed E-state index contributed by atoms with van der Waals surface area (Å²) in [6, 6.07) is 0. The van der Waals surface area contributed by atoms with Crippen LogP contribution in [0.25, 0.3) is 0 Å². The molecule has 0 aliphatic rings. The second kappa shape index (κ2) is 8.84. The zero-order valence-corrected chi connectivity index (χ0v) is 4.26. The van der Waals surface area contributed by atoms with Crippen LogP contribution in [-0.2, 0) is 0 Å². The van der Waals surface area contributed by atoms with Gasteiger partial charge >= 0.3 is 0 Å². The molecule has 0 aliphatic carbocycles. The Labute approximate surface area is 36.7 Å². The van der Waals surface area contributed by atoms with Gasteiger partial charge in [-0.1, -0.05) is 0 Å². The molecule has 0 bridgehead atoms. The SMILES string of the molecule is CN(C)C.F.F. The van der Waals surface area contributed by atoms with Crippen LogP contribution in [0.5, 0.6) is 0 Å². The quantitative estimate of drug-likeness (QED) is 0.427. The molecule has 0 rings (SSSR count). The molecule has 0 fully saturated rings. The van der Waals surface area contributed by atoms with Crippen LogP contribution < -0.4 is 0 Å². The summed E-state index contributed by atoms with van der Waals surface area (Å²) in [6.45, 7) is 0. The summed E-state index contributed by atoms with van der Waals surface area (Å²) in [5.74, 6) is 0. The summed E-state index contributed by atoms with van der Waals surface area (Å²) >= 11 is 0. The second-order valence-corrected chi connectivity index (χ2v) is 1.34. The molecule has 0 N–H and O–H groups in total. The highest BCUT2D eigenvalue weighted by Gasteiger charge is 1.58. The predicted octanol–water partition coefficient (Wildman–Crippen LogP) is 0.483. The van der Waals surface area contributed by atoms with E-state index in [0.717, 1.165) is 0 Å². The van der Waals surface area contributed by atoms with Gasteiger partial charge in [-0.05, 0) is 21.1 Å². The molecule has 0 saturated heterocycles. The molecule has 0 amide bonds. The van der Waals surface area contributed by atoms with E-state index < -0.39 is 0 Å². The van der Waals surface area contributed by atoms with Gasteiger partial charge in [0.15, 0.2) is 0 Å². The van der Waals surface area contributed by atoms with E-state index in [1.54, 1.807) is 0 Å². The van der Waals surface area contributed by atoms with E-state index >= 15 is 0 Å². The van der Waals surface area contributed by atoms with Gasteiger partial charge < -0.3 is 4.90 Å². The van der Waals surface area contributed by atoms with Crippen LogP contribution in [0, 0.1) is 0 Å². The Morgan fingerprint density at radius 2 is 0.833 bits per heavy atom. The van der Waals surface area contributed by atoms with Gasteiger partial charge in [-0.15, -0.1) is 0 Å². The van der Waals surface area contributed by atoms with Gasteiger partial charge in [-0.25, -0.2) is 0 Å². The van der Waals surface area contributed by atoms with Gasteiger partial charge in [0.2, 0.25) is 0 Å². The van der Waals surface area contributed by atoms with E-state index in [4.69, 9.17) is 0 Å². The van der Waals surface area contributed by atoms with Gasteiger partial charge in [0, 0.05) is 0 Å². The average Bonchev–Trinajstić information content (AvgIpc) is 0.811. The van der Waals surface area contributed by atoms with Crippen LogP contribution in [0.2, 0.25) is 0 Å². The zero-order valence-electron chi connectivity index (χ0n) is 4.26. The van der Waals surface area contributed by atoms with Crippen LogP contribution >= 0.6 is 0 Å². The minimum atomic E-state index is 0. The van der Waals surface area contributed by atoms with Crippen LogP contribution in [0.4, 0.5) is 9.41 Å². The lowest BCUT2D eigenvalue weighted by Crippen LogP contribution is -1.99. The summed E-state index contributed by atoms with van der Waals surface area (Å²) in [5, 5.41) is 0. The summed E-state index contributed by atoms with van der Waals surface area (Å²) in [6.07, 6.45) is 0. The summed E-state index contributed by atoms with van der Waals surface area (Å²) in [4.78, 5) is 2.00. The van der Waals surface area contributed by atoms with Crippen LogP contribution in [-0.4, -0.2) is 26.0 Å². The van der Waals surface area contributed by atoms with E-state index in [9.17, 15) is 0 Å². The van der Waals surface area contributed by atoms with Gasteiger partial charge in [-0.3, -0.25) is 9.41 Å². The zero-order chi connectivity index (χ0) is 3.58. The van der Waals surface area contributed by atoms with Crippen molar-refractivity contribution in [2.45, 2.75) is 0 Å². The Bertz CT molecular complexity index is 13.5. The first-order chi connectivity index (χ1) is 1.73. The third-order valence-corrected chi connectivity index (χ3v) is 0. The molecule has 0 spiro atoms. The number of nitrogens with zero attached hydrogens (tertiary/aromatic N) is 1. The lowest BCUT2D eigenvalue weighted by molar-refractivity contribution is 0.505. The third kappa shape index (κ3) is 938. The first kappa shape index (κ1) is 17.0. The normalized spacial score (nSPS) is 6.00. The highest BCUT2D eigenvalue weighted by atomic mass is 19.0. The van der Waals surface area contributed by atoms with Crippen molar-refractivity contribution in [2.24, 2.45) is 0 Å². The Morgan fingerprint density at radius 1 is 0.833 bits per heavy atom. The number of hydrogen-bond acceptors (Lipinski definition) is 1. The number of rotatable bonds is 0. The van der Waals surface area contributed by atoms with Crippen molar-refractivity contribution < 1.29 is 9.41 Å². The van der Waals surface area contributed by atoms with Crippen LogP contribution in [0.15, 0.2) is 0 Å². The van der Waals surface area contributed by atoms with E-state index in [-0.39, 0.29) is 9.41 Å². The van der Waals surface area contributed by atoms with Crippen molar-refractivity contribution in [1.29, 1.82) is 0 Å². The molecule has 0 saturated carbocycles. The number of hydrogen-bond donors (Lipinski definition) is 0. The molecule has 0 unspecified atom stereocenters.